The van der Waals surface area contributed by atoms with Crippen LogP contribution in [0.4, 0.5) is 0 Å². The molecular weight excluding hydrogens is 264 g/mol. The fourth-order valence-corrected chi connectivity index (χ4v) is 4.32. The molecule has 0 radical (unpaired) electrons. The molecule has 1 aliphatic carbocycles. The van der Waals surface area contributed by atoms with Crippen molar-refractivity contribution in [1.82, 2.24) is 4.90 Å². The second-order valence-electron chi connectivity index (χ2n) is 6.86. The van der Waals surface area contributed by atoms with Gasteiger partial charge < -0.3 is 15.4 Å². The number of rotatable bonds is 5. The van der Waals surface area contributed by atoms with E-state index in [2.05, 4.69) is 11.8 Å². The Kier molecular flexibility index (Phi) is 6.49. The highest BCUT2D eigenvalue weighted by molar-refractivity contribution is 5.72. The molecule has 1 heterocycles. The van der Waals surface area contributed by atoms with E-state index in [0.717, 1.165) is 38.4 Å². The Morgan fingerprint density at radius 2 is 1.95 bits per heavy atom. The zero-order valence-electron chi connectivity index (χ0n) is 13.7. The van der Waals surface area contributed by atoms with Gasteiger partial charge in [0.2, 0.25) is 0 Å². The van der Waals surface area contributed by atoms with Crippen LogP contribution in [0.3, 0.4) is 0 Å². The van der Waals surface area contributed by atoms with Gasteiger partial charge in [0.1, 0.15) is 0 Å². The topological polar surface area (TPSA) is 55.6 Å². The molecule has 1 saturated carbocycles. The van der Waals surface area contributed by atoms with E-state index in [1.165, 1.54) is 39.2 Å². The summed E-state index contributed by atoms with van der Waals surface area (Å²) in [5.74, 6) is 1.60. The van der Waals surface area contributed by atoms with Crippen molar-refractivity contribution >= 4 is 5.97 Å². The molecule has 1 saturated heterocycles. The largest absolute Gasteiger partial charge is 0.469 e. The smallest absolute Gasteiger partial charge is 0.308 e. The van der Waals surface area contributed by atoms with Gasteiger partial charge in [0.15, 0.2) is 0 Å². The van der Waals surface area contributed by atoms with Crippen molar-refractivity contribution < 1.29 is 9.53 Å². The van der Waals surface area contributed by atoms with Crippen LogP contribution in [-0.4, -0.2) is 43.7 Å². The number of esters is 1. The average molecular weight is 296 g/mol. The third-order valence-electron chi connectivity index (χ3n) is 5.60. The lowest BCUT2D eigenvalue weighted by molar-refractivity contribution is -0.147. The van der Waals surface area contributed by atoms with Gasteiger partial charge >= 0.3 is 5.97 Å². The summed E-state index contributed by atoms with van der Waals surface area (Å²) >= 11 is 0. The molecule has 2 N–H and O–H groups in total. The number of nitrogens with two attached hydrogens (primary N) is 1. The molecule has 3 unspecified atom stereocenters. The number of carbonyl (C=O) groups excluding carboxylic acids is 1. The van der Waals surface area contributed by atoms with E-state index < -0.39 is 0 Å². The maximum atomic E-state index is 11.6. The number of likely N-dealkylation sites (tertiary alicyclic amines) is 1. The fourth-order valence-electron chi connectivity index (χ4n) is 4.32. The zero-order valence-corrected chi connectivity index (χ0v) is 13.7. The van der Waals surface area contributed by atoms with E-state index in [9.17, 15) is 4.79 Å². The highest BCUT2D eigenvalue weighted by Gasteiger charge is 2.36. The van der Waals surface area contributed by atoms with E-state index >= 15 is 0 Å². The molecule has 0 aromatic carbocycles. The first-order chi connectivity index (χ1) is 10.2. The summed E-state index contributed by atoms with van der Waals surface area (Å²) in [7, 11) is 1.50. The molecular formula is C17H32N2O2. The van der Waals surface area contributed by atoms with Crippen LogP contribution in [-0.2, 0) is 9.53 Å². The van der Waals surface area contributed by atoms with Gasteiger partial charge in [-0.25, -0.2) is 0 Å². The van der Waals surface area contributed by atoms with Crippen molar-refractivity contribution in [2.24, 2.45) is 23.5 Å². The first-order valence-electron chi connectivity index (χ1n) is 8.71. The second-order valence-corrected chi connectivity index (χ2v) is 6.86. The normalized spacial score (nSPS) is 32.0. The van der Waals surface area contributed by atoms with Crippen molar-refractivity contribution in [3.05, 3.63) is 0 Å². The SMILES string of the molecule is CCCC1CCC(CN)C(N2CCC(C(=O)OC)CC2)C1. The Morgan fingerprint density at radius 1 is 1.24 bits per heavy atom. The van der Waals surface area contributed by atoms with Gasteiger partial charge in [0, 0.05) is 6.04 Å². The van der Waals surface area contributed by atoms with E-state index in [4.69, 9.17) is 10.5 Å². The van der Waals surface area contributed by atoms with Gasteiger partial charge in [-0.3, -0.25) is 4.79 Å². The molecule has 0 spiro atoms. The third-order valence-corrected chi connectivity index (χ3v) is 5.60. The molecule has 0 aromatic heterocycles. The van der Waals surface area contributed by atoms with Gasteiger partial charge in [-0.05, 0) is 57.2 Å². The number of ether oxygens (including phenoxy) is 1. The van der Waals surface area contributed by atoms with Crippen molar-refractivity contribution in [2.45, 2.75) is 57.9 Å². The van der Waals surface area contributed by atoms with Crippen molar-refractivity contribution in [3.63, 3.8) is 0 Å². The first kappa shape index (κ1) is 16.8. The quantitative estimate of drug-likeness (QED) is 0.792. The highest BCUT2D eigenvalue weighted by Crippen LogP contribution is 2.36. The summed E-state index contributed by atoms with van der Waals surface area (Å²) < 4.78 is 4.88. The van der Waals surface area contributed by atoms with Crippen LogP contribution in [0.25, 0.3) is 0 Å². The van der Waals surface area contributed by atoms with Crippen molar-refractivity contribution in [2.75, 3.05) is 26.7 Å². The van der Waals surface area contributed by atoms with Gasteiger partial charge in [-0.15, -0.1) is 0 Å². The third kappa shape index (κ3) is 4.19. The fraction of sp³-hybridized carbons (Fsp3) is 0.941. The van der Waals surface area contributed by atoms with Gasteiger partial charge in [0.05, 0.1) is 13.0 Å². The zero-order chi connectivity index (χ0) is 15.2. The number of methoxy groups -OCH3 is 1. The van der Waals surface area contributed by atoms with Crippen LogP contribution >= 0.6 is 0 Å². The van der Waals surface area contributed by atoms with Crippen LogP contribution in [0.2, 0.25) is 0 Å². The molecule has 0 bridgehead atoms. The Balaban J connectivity index is 1.91. The lowest BCUT2D eigenvalue weighted by Gasteiger charge is -2.45. The van der Waals surface area contributed by atoms with E-state index in [1.807, 2.05) is 0 Å². The Morgan fingerprint density at radius 3 is 2.52 bits per heavy atom. The molecule has 2 aliphatic rings. The minimum atomic E-state index is -0.0301. The molecule has 122 valence electrons. The predicted octanol–water partition coefficient (Wildman–Crippen LogP) is 2.42. The highest BCUT2D eigenvalue weighted by atomic mass is 16.5. The molecule has 4 nitrogen and oxygen atoms in total. The van der Waals surface area contributed by atoms with Crippen LogP contribution in [0.5, 0.6) is 0 Å². The summed E-state index contributed by atoms with van der Waals surface area (Å²) in [5, 5.41) is 0. The molecule has 2 fully saturated rings. The number of nitrogens with zero attached hydrogens (tertiary/aromatic N) is 1. The first-order valence-corrected chi connectivity index (χ1v) is 8.71. The molecule has 0 amide bonds. The molecule has 21 heavy (non-hydrogen) atoms. The van der Waals surface area contributed by atoms with Gasteiger partial charge in [-0.2, -0.15) is 0 Å². The summed E-state index contributed by atoms with van der Waals surface area (Å²) in [6.07, 6.45) is 8.46. The molecule has 4 heteroatoms. The summed E-state index contributed by atoms with van der Waals surface area (Å²) in [6.45, 7) is 5.14. The van der Waals surface area contributed by atoms with Crippen LogP contribution in [0.1, 0.15) is 51.9 Å². The lowest BCUT2D eigenvalue weighted by atomic mass is 9.75. The van der Waals surface area contributed by atoms with E-state index in [0.29, 0.717) is 12.0 Å². The molecule has 0 aromatic rings. The van der Waals surface area contributed by atoms with Crippen molar-refractivity contribution in [3.8, 4) is 0 Å². The Labute approximate surface area is 129 Å². The van der Waals surface area contributed by atoms with E-state index in [-0.39, 0.29) is 11.9 Å². The maximum Gasteiger partial charge on any atom is 0.308 e. The van der Waals surface area contributed by atoms with E-state index in [1.54, 1.807) is 0 Å². The Hall–Kier alpha value is -0.610. The van der Waals surface area contributed by atoms with Gasteiger partial charge in [-0.1, -0.05) is 26.2 Å². The summed E-state index contributed by atoms with van der Waals surface area (Å²) in [4.78, 5) is 14.3. The number of hydrogen-bond acceptors (Lipinski definition) is 4. The van der Waals surface area contributed by atoms with Crippen LogP contribution < -0.4 is 5.73 Å². The summed E-state index contributed by atoms with van der Waals surface area (Å²) in [5.41, 5.74) is 6.02. The number of piperidine rings is 1. The minimum absolute atomic E-state index is 0.0301. The molecule has 3 atom stereocenters. The van der Waals surface area contributed by atoms with Gasteiger partial charge in [0.25, 0.3) is 0 Å². The number of carbonyl (C=O) groups is 1. The lowest BCUT2D eigenvalue weighted by Crippen LogP contribution is -2.50. The average Bonchev–Trinajstić information content (AvgIpc) is 2.54. The van der Waals surface area contributed by atoms with Crippen molar-refractivity contribution in [1.29, 1.82) is 0 Å². The molecule has 1 aliphatic heterocycles. The Bertz CT molecular complexity index is 327. The molecule has 2 rings (SSSR count). The number of hydrogen-bond donors (Lipinski definition) is 1. The minimum Gasteiger partial charge on any atom is -0.469 e. The second kappa shape index (κ2) is 8.14. The standard InChI is InChI=1S/C17H32N2O2/c1-3-4-13-5-6-15(12-18)16(11-13)19-9-7-14(8-10-19)17(20)21-2/h13-16H,3-12,18H2,1-2H3. The summed E-state index contributed by atoms with van der Waals surface area (Å²) in [6, 6.07) is 0.638. The maximum absolute atomic E-state index is 11.6. The monoisotopic (exact) mass is 296 g/mol. The van der Waals surface area contributed by atoms with Crippen LogP contribution in [0.15, 0.2) is 0 Å². The predicted molar refractivity (Wildman–Crippen MR) is 84.9 cm³/mol. The van der Waals surface area contributed by atoms with Crippen LogP contribution in [0, 0.1) is 17.8 Å².